The predicted octanol–water partition coefficient (Wildman–Crippen LogP) is 5.93. The first-order valence-electron chi connectivity index (χ1n) is 9.88. The Hall–Kier alpha value is -3.70. The van der Waals surface area contributed by atoms with E-state index in [0.717, 1.165) is 44.7 Å². The Morgan fingerprint density at radius 2 is 1.68 bits per heavy atom. The highest BCUT2D eigenvalue weighted by molar-refractivity contribution is 6.31. The number of aryl methyl sites for hydroxylation is 1. The largest absolute Gasteiger partial charge is 0.487 e. The van der Waals surface area contributed by atoms with Crippen LogP contribution in [0.2, 0.25) is 5.02 Å². The van der Waals surface area contributed by atoms with Gasteiger partial charge in [0.05, 0.1) is 11.2 Å². The maximum absolute atomic E-state index is 6.08. The van der Waals surface area contributed by atoms with Crippen molar-refractivity contribution in [3.05, 3.63) is 96.0 Å². The third kappa shape index (κ3) is 4.13. The smallest absolute Gasteiger partial charge is 0.130 e. The highest BCUT2D eigenvalue weighted by Crippen LogP contribution is 2.31. The van der Waals surface area contributed by atoms with Gasteiger partial charge in [-0.3, -0.25) is 9.67 Å². The molecule has 0 saturated carbocycles. The first kappa shape index (κ1) is 19.3. The van der Waals surface area contributed by atoms with Gasteiger partial charge >= 0.3 is 0 Å². The van der Waals surface area contributed by atoms with Crippen LogP contribution >= 0.6 is 11.6 Å². The van der Waals surface area contributed by atoms with Crippen LogP contribution in [-0.2, 0) is 13.7 Å². The van der Waals surface area contributed by atoms with Crippen molar-refractivity contribution in [3.63, 3.8) is 0 Å². The molecule has 0 bridgehead atoms. The Morgan fingerprint density at radius 1 is 0.903 bits per heavy atom. The Balaban J connectivity index is 1.34. The van der Waals surface area contributed by atoms with Crippen LogP contribution < -0.4 is 4.74 Å². The third-order valence-corrected chi connectivity index (χ3v) is 5.28. The number of ether oxygens (including phenoxy) is 1. The normalized spacial score (nSPS) is 11.0. The van der Waals surface area contributed by atoms with Crippen molar-refractivity contribution in [3.8, 4) is 28.1 Å². The van der Waals surface area contributed by atoms with E-state index in [9.17, 15) is 0 Å². The second-order valence-electron chi connectivity index (χ2n) is 7.25. The lowest BCUT2D eigenvalue weighted by Gasteiger charge is -2.08. The monoisotopic (exact) mass is 426 g/mol. The molecule has 0 amide bonds. The van der Waals surface area contributed by atoms with Crippen molar-refractivity contribution < 1.29 is 4.74 Å². The number of nitrogens with zero attached hydrogens (tertiary/aromatic N) is 4. The van der Waals surface area contributed by atoms with Crippen LogP contribution in [-0.4, -0.2) is 19.7 Å². The number of benzene rings is 2. The summed E-state index contributed by atoms with van der Waals surface area (Å²) in [5, 5.41) is 6.38. The van der Waals surface area contributed by atoms with Crippen LogP contribution in [0.1, 0.15) is 5.69 Å². The molecule has 0 atom stereocenters. The molecule has 5 aromatic rings. The van der Waals surface area contributed by atoms with Crippen molar-refractivity contribution in [1.29, 1.82) is 0 Å². The summed E-state index contributed by atoms with van der Waals surface area (Å²) in [4.78, 5) is 8.74. The fraction of sp³-hybridized carbons (Fsp3) is 0.0800. The fourth-order valence-corrected chi connectivity index (χ4v) is 3.69. The summed E-state index contributed by atoms with van der Waals surface area (Å²) in [6.45, 7) is 0.383. The molecule has 0 spiro atoms. The Morgan fingerprint density at radius 3 is 2.48 bits per heavy atom. The zero-order valence-electron chi connectivity index (χ0n) is 16.9. The van der Waals surface area contributed by atoms with Crippen molar-refractivity contribution >= 4 is 22.5 Å². The molecule has 0 saturated heterocycles. The van der Waals surface area contributed by atoms with E-state index in [1.165, 1.54) is 0 Å². The van der Waals surface area contributed by atoms with Gasteiger partial charge in [-0.1, -0.05) is 23.7 Å². The van der Waals surface area contributed by atoms with Gasteiger partial charge in [0.25, 0.3) is 0 Å². The van der Waals surface area contributed by atoms with Gasteiger partial charge in [0.15, 0.2) is 0 Å². The van der Waals surface area contributed by atoms with Crippen LogP contribution in [0.5, 0.6) is 5.75 Å². The molecule has 6 heteroatoms. The molecule has 0 aliphatic carbocycles. The summed E-state index contributed by atoms with van der Waals surface area (Å²) in [6.07, 6.45) is 5.60. The Labute approximate surface area is 184 Å². The minimum Gasteiger partial charge on any atom is -0.487 e. The highest BCUT2D eigenvalue weighted by atomic mass is 35.5. The summed E-state index contributed by atoms with van der Waals surface area (Å²) in [6, 6.07) is 21.6. The van der Waals surface area contributed by atoms with Gasteiger partial charge in [-0.05, 0) is 60.2 Å². The molecule has 31 heavy (non-hydrogen) atoms. The molecule has 5 nitrogen and oxygen atoms in total. The molecule has 0 unspecified atom stereocenters. The summed E-state index contributed by atoms with van der Waals surface area (Å²) in [7, 11) is 1.93. The SMILES string of the molecule is Cn1cc(-c2ccncc2)c(-c2ccc(OCc3ccc4ccc(Cl)cc4n3)cc2)n1. The average molecular weight is 427 g/mol. The standard InChI is InChI=1S/C25H19ClN4O/c1-30-15-23(17-10-12-27-13-11-17)25(29-30)19-4-8-22(9-5-19)31-16-21-7-3-18-2-6-20(26)14-24(18)28-21/h2-15H,16H2,1H3. The predicted molar refractivity (Wildman–Crippen MR) is 123 cm³/mol. The van der Waals surface area contributed by atoms with Gasteiger partial charge in [0.1, 0.15) is 18.1 Å². The number of rotatable bonds is 5. The van der Waals surface area contributed by atoms with Gasteiger partial charge in [0.2, 0.25) is 0 Å². The highest BCUT2D eigenvalue weighted by Gasteiger charge is 2.12. The number of pyridine rings is 2. The number of fused-ring (bicyclic) bond motifs is 1. The van der Waals surface area contributed by atoms with Crippen LogP contribution in [0.15, 0.2) is 85.3 Å². The quantitative estimate of drug-likeness (QED) is 0.349. The van der Waals surface area contributed by atoms with Crippen molar-refractivity contribution in [2.24, 2.45) is 7.05 Å². The second kappa shape index (κ2) is 8.20. The van der Waals surface area contributed by atoms with Crippen LogP contribution in [0.3, 0.4) is 0 Å². The van der Waals surface area contributed by atoms with E-state index >= 15 is 0 Å². The summed E-state index contributed by atoms with van der Waals surface area (Å²) in [5.74, 6) is 0.776. The molecule has 0 aliphatic heterocycles. The fourth-order valence-electron chi connectivity index (χ4n) is 3.52. The van der Waals surface area contributed by atoms with Gasteiger partial charge in [0, 0.05) is 47.2 Å². The Bertz CT molecular complexity index is 1350. The third-order valence-electron chi connectivity index (χ3n) is 5.05. The van der Waals surface area contributed by atoms with E-state index in [1.807, 2.05) is 84.7 Å². The molecule has 3 aromatic heterocycles. The molecular formula is C25H19ClN4O. The average Bonchev–Trinajstić information content (AvgIpc) is 3.20. The molecule has 2 aromatic carbocycles. The minimum absolute atomic E-state index is 0.383. The lowest BCUT2D eigenvalue weighted by Crippen LogP contribution is -1.98. The minimum atomic E-state index is 0.383. The Kier molecular flexibility index (Phi) is 5.10. The van der Waals surface area contributed by atoms with Gasteiger partial charge < -0.3 is 4.74 Å². The van der Waals surface area contributed by atoms with Crippen LogP contribution in [0.4, 0.5) is 0 Å². The summed E-state index contributed by atoms with van der Waals surface area (Å²) in [5.41, 5.74) is 5.82. The lowest BCUT2D eigenvalue weighted by molar-refractivity contribution is 0.302. The van der Waals surface area contributed by atoms with Crippen molar-refractivity contribution in [2.45, 2.75) is 6.61 Å². The van der Waals surface area contributed by atoms with E-state index in [2.05, 4.69) is 15.1 Å². The van der Waals surface area contributed by atoms with Crippen LogP contribution in [0, 0.1) is 0 Å². The molecule has 0 aliphatic rings. The lowest BCUT2D eigenvalue weighted by atomic mass is 10.0. The van der Waals surface area contributed by atoms with Crippen molar-refractivity contribution in [1.82, 2.24) is 19.7 Å². The van der Waals surface area contributed by atoms with Gasteiger partial charge in [-0.2, -0.15) is 5.10 Å². The van der Waals surface area contributed by atoms with E-state index in [-0.39, 0.29) is 0 Å². The summed E-state index contributed by atoms with van der Waals surface area (Å²) >= 11 is 6.08. The molecular weight excluding hydrogens is 408 g/mol. The number of hydrogen-bond acceptors (Lipinski definition) is 4. The first-order chi connectivity index (χ1) is 15.2. The van der Waals surface area contributed by atoms with Crippen LogP contribution in [0.25, 0.3) is 33.3 Å². The van der Waals surface area contributed by atoms with E-state index in [4.69, 9.17) is 16.3 Å². The number of hydrogen-bond donors (Lipinski definition) is 0. The maximum Gasteiger partial charge on any atom is 0.130 e. The second-order valence-corrected chi connectivity index (χ2v) is 7.69. The van der Waals surface area contributed by atoms with E-state index in [0.29, 0.717) is 11.6 Å². The van der Waals surface area contributed by atoms with Crippen molar-refractivity contribution in [2.75, 3.05) is 0 Å². The number of halogens is 1. The number of aromatic nitrogens is 4. The molecule has 0 N–H and O–H groups in total. The first-order valence-corrected chi connectivity index (χ1v) is 10.3. The topological polar surface area (TPSA) is 52.8 Å². The van der Waals surface area contributed by atoms with Gasteiger partial charge in [-0.15, -0.1) is 0 Å². The molecule has 5 rings (SSSR count). The molecule has 3 heterocycles. The zero-order chi connectivity index (χ0) is 21.2. The molecule has 0 fully saturated rings. The maximum atomic E-state index is 6.08. The summed E-state index contributed by atoms with van der Waals surface area (Å²) < 4.78 is 7.78. The molecule has 152 valence electrons. The zero-order valence-corrected chi connectivity index (χ0v) is 17.6. The van der Waals surface area contributed by atoms with E-state index < -0.39 is 0 Å². The van der Waals surface area contributed by atoms with E-state index in [1.54, 1.807) is 12.4 Å². The van der Waals surface area contributed by atoms with Gasteiger partial charge in [-0.25, -0.2) is 4.98 Å². The molecule has 0 radical (unpaired) electrons.